The summed E-state index contributed by atoms with van der Waals surface area (Å²) in [4.78, 5) is 12.3. The van der Waals surface area contributed by atoms with Crippen molar-refractivity contribution in [2.24, 2.45) is 0 Å². The molecule has 0 radical (unpaired) electrons. The number of halogens is 1. The van der Waals surface area contributed by atoms with Gasteiger partial charge in [-0.3, -0.25) is 0 Å². The summed E-state index contributed by atoms with van der Waals surface area (Å²) >= 11 is 0. The van der Waals surface area contributed by atoms with Crippen LogP contribution >= 0.6 is 0 Å². The van der Waals surface area contributed by atoms with Gasteiger partial charge in [-0.15, -0.1) is 0 Å². The molecule has 1 aliphatic heterocycles. The van der Waals surface area contributed by atoms with Crippen LogP contribution in [0.4, 0.5) is 0 Å². The number of ether oxygens (including phenoxy) is 2. The zero-order valence-electron chi connectivity index (χ0n) is 17.6. The number of esters is 1. The largest absolute Gasteiger partial charge is 1.00 e. The number of piperidine rings is 1. The van der Waals surface area contributed by atoms with Gasteiger partial charge in [0.25, 0.3) is 0 Å². The minimum Gasteiger partial charge on any atom is -1.00 e. The van der Waals surface area contributed by atoms with Crippen molar-refractivity contribution in [1.29, 1.82) is 0 Å². The molecule has 0 spiro atoms. The molecule has 1 saturated heterocycles. The summed E-state index contributed by atoms with van der Waals surface area (Å²) in [7, 11) is 4.43. The molecule has 0 atom stereocenters. The summed E-state index contributed by atoms with van der Waals surface area (Å²) < 4.78 is 12.5. The Morgan fingerprint density at radius 3 is 1.93 bits per heavy atom. The van der Waals surface area contributed by atoms with Crippen LogP contribution in [0, 0.1) is 0 Å². The second-order valence-electron chi connectivity index (χ2n) is 8.63. The van der Waals surface area contributed by atoms with E-state index in [4.69, 9.17) is 9.47 Å². The minimum absolute atomic E-state index is 0. The number of benzene rings is 2. The third-order valence-electron chi connectivity index (χ3n) is 5.84. The molecule has 2 aromatic rings. The Balaban J connectivity index is 0.00000300. The Bertz CT molecular complexity index is 715. The molecule has 4 nitrogen and oxygen atoms in total. The first-order chi connectivity index (χ1) is 13.4. The lowest BCUT2D eigenvalue weighted by atomic mass is 9.77. The van der Waals surface area contributed by atoms with Crippen LogP contribution in [0.1, 0.15) is 30.9 Å². The number of carbonyl (C=O) groups excluding carboxylic acids is 1. The third-order valence-corrected chi connectivity index (χ3v) is 5.84. The maximum atomic E-state index is 12.3. The Kier molecular flexibility index (Phi) is 8.44. The van der Waals surface area contributed by atoms with Gasteiger partial charge in [0.05, 0.1) is 33.8 Å². The van der Waals surface area contributed by atoms with Gasteiger partial charge in [-0.25, -0.2) is 4.79 Å². The van der Waals surface area contributed by atoms with Gasteiger partial charge in [0.15, 0.2) is 0 Å². The second kappa shape index (κ2) is 10.4. The number of carbonyl (C=O) groups is 1. The number of hydrogen-bond acceptors (Lipinski definition) is 3. The van der Waals surface area contributed by atoms with Crippen LogP contribution in [0.2, 0.25) is 0 Å². The van der Waals surface area contributed by atoms with E-state index in [0.717, 1.165) is 30.4 Å². The highest BCUT2D eigenvalue weighted by atomic mass is 79.9. The summed E-state index contributed by atoms with van der Waals surface area (Å²) in [5, 5.41) is 0. The van der Waals surface area contributed by atoms with Gasteiger partial charge < -0.3 is 30.9 Å². The molecule has 2 aromatic carbocycles. The molecule has 0 unspecified atom stereocenters. The third kappa shape index (κ3) is 6.39. The SMILES string of the molecule is CC(COCC(=O)OC1CC[N+](C)(C)CC1)(c1ccccc1)c1ccccc1.[Br-]. The van der Waals surface area contributed by atoms with Crippen molar-refractivity contribution in [2.45, 2.75) is 31.3 Å². The van der Waals surface area contributed by atoms with E-state index in [-0.39, 0.29) is 41.1 Å². The normalized spacial score (nSPS) is 16.7. The van der Waals surface area contributed by atoms with Crippen molar-refractivity contribution in [3.63, 3.8) is 0 Å². The fraction of sp³-hybridized carbons (Fsp3) is 0.458. The fourth-order valence-electron chi connectivity index (χ4n) is 3.86. The van der Waals surface area contributed by atoms with E-state index in [1.54, 1.807) is 0 Å². The van der Waals surface area contributed by atoms with Crippen molar-refractivity contribution < 1.29 is 35.7 Å². The number of hydrogen-bond donors (Lipinski definition) is 0. The van der Waals surface area contributed by atoms with Crippen LogP contribution in [-0.2, 0) is 19.7 Å². The van der Waals surface area contributed by atoms with Gasteiger partial charge in [-0.1, -0.05) is 60.7 Å². The van der Waals surface area contributed by atoms with Crippen LogP contribution in [0.15, 0.2) is 60.7 Å². The van der Waals surface area contributed by atoms with Gasteiger partial charge in [-0.2, -0.15) is 0 Å². The van der Waals surface area contributed by atoms with E-state index in [2.05, 4.69) is 45.3 Å². The van der Waals surface area contributed by atoms with Gasteiger partial charge in [-0.05, 0) is 18.1 Å². The predicted octanol–water partition coefficient (Wildman–Crippen LogP) is 0.795. The van der Waals surface area contributed by atoms with Gasteiger partial charge in [0.1, 0.15) is 12.7 Å². The van der Waals surface area contributed by atoms with Gasteiger partial charge >= 0.3 is 5.97 Å². The standard InChI is InChI=1S/C24H32NO3.BrH/c1-24(20-10-6-4-7-11-20,21-12-8-5-9-13-21)19-27-18-23(26)28-22-14-16-25(2,3)17-15-22;/h4-13,22H,14-19H2,1-3H3;1H/q+1;/p-1. The van der Waals surface area contributed by atoms with Crippen molar-refractivity contribution in [3.8, 4) is 0 Å². The van der Waals surface area contributed by atoms with Crippen molar-refractivity contribution in [1.82, 2.24) is 0 Å². The lowest BCUT2D eigenvalue weighted by molar-refractivity contribution is -0.896. The predicted molar refractivity (Wildman–Crippen MR) is 111 cm³/mol. The maximum absolute atomic E-state index is 12.3. The second-order valence-corrected chi connectivity index (χ2v) is 8.63. The van der Waals surface area contributed by atoms with Crippen molar-refractivity contribution >= 4 is 5.97 Å². The van der Waals surface area contributed by atoms with E-state index in [1.807, 2.05) is 36.4 Å². The molecule has 0 aliphatic carbocycles. The van der Waals surface area contributed by atoms with Crippen LogP contribution in [0.3, 0.4) is 0 Å². The molecule has 1 aliphatic rings. The Morgan fingerprint density at radius 2 is 1.45 bits per heavy atom. The van der Waals surface area contributed by atoms with Gasteiger partial charge in [0.2, 0.25) is 0 Å². The Labute approximate surface area is 185 Å². The highest BCUT2D eigenvalue weighted by Gasteiger charge is 2.31. The molecule has 0 saturated carbocycles. The molecule has 0 amide bonds. The maximum Gasteiger partial charge on any atom is 0.332 e. The van der Waals surface area contributed by atoms with E-state index >= 15 is 0 Å². The van der Waals surface area contributed by atoms with Crippen LogP contribution < -0.4 is 17.0 Å². The fourth-order valence-corrected chi connectivity index (χ4v) is 3.86. The van der Waals surface area contributed by atoms with Crippen molar-refractivity contribution in [3.05, 3.63) is 71.8 Å². The van der Waals surface area contributed by atoms with E-state index in [9.17, 15) is 4.79 Å². The van der Waals surface area contributed by atoms with Crippen LogP contribution in [0.5, 0.6) is 0 Å². The molecule has 29 heavy (non-hydrogen) atoms. The summed E-state index contributed by atoms with van der Waals surface area (Å²) in [6, 6.07) is 20.6. The first-order valence-electron chi connectivity index (χ1n) is 10.1. The van der Waals surface area contributed by atoms with E-state index < -0.39 is 0 Å². The highest BCUT2D eigenvalue weighted by Crippen LogP contribution is 2.32. The summed E-state index contributed by atoms with van der Waals surface area (Å²) in [5.41, 5.74) is 2.01. The first kappa shape index (κ1) is 23.6. The lowest BCUT2D eigenvalue weighted by Gasteiger charge is -2.36. The number of rotatable bonds is 7. The average molecular weight is 462 g/mol. The quantitative estimate of drug-likeness (QED) is 0.451. The number of nitrogens with zero attached hydrogens (tertiary/aromatic N) is 1. The van der Waals surface area contributed by atoms with Crippen LogP contribution in [-0.4, -0.2) is 57.0 Å². The zero-order chi connectivity index (χ0) is 20.0. The van der Waals surface area contributed by atoms with E-state index in [1.165, 1.54) is 11.1 Å². The molecular weight excluding hydrogens is 430 g/mol. The van der Waals surface area contributed by atoms with Crippen molar-refractivity contribution in [2.75, 3.05) is 40.4 Å². The molecule has 5 heteroatoms. The van der Waals surface area contributed by atoms with Crippen LogP contribution in [0.25, 0.3) is 0 Å². The smallest absolute Gasteiger partial charge is 0.332 e. The highest BCUT2D eigenvalue weighted by molar-refractivity contribution is 5.70. The summed E-state index contributed by atoms with van der Waals surface area (Å²) in [6.07, 6.45) is 1.87. The topological polar surface area (TPSA) is 35.5 Å². The molecule has 158 valence electrons. The average Bonchev–Trinajstić information content (AvgIpc) is 2.71. The molecular formula is C24H32BrNO3. The summed E-state index contributed by atoms with van der Waals surface area (Å²) in [5.74, 6) is -0.263. The Morgan fingerprint density at radius 1 is 0.966 bits per heavy atom. The molecule has 0 aromatic heterocycles. The zero-order valence-corrected chi connectivity index (χ0v) is 19.2. The molecule has 3 rings (SSSR count). The first-order valence-corrected chi connectivity index (χ1v) is 10.1. The Hall–Kier alpha value is -1.69. The van der Waals surface area contributed by atoms with Gasteiger partial charge in [0, 0.05) is 18.3 Å². The number of likely N-dealkylation sites (tertiary alicyclic amines) is 1. The molecule has 1 fully saturated rings. The summed E-state index contributed by atoms with van der Waals surface area (Å²) in [6.45, 7) is 4.65. The lowest BCUT2D eigenvalue weighted by Crippen LogP contribution is -3.00. The molecule has 0 N–H and O–H groups in total. The molecule has 0 bridgehead atoms. The monoisotopic (exact) mass is 461 g/mol. The molecule has 1 heterocycles. The minimum atomic E-state index is -0.324. The van der Waals surface area contributed by atoms with E-state index in [0.29, 0.717) is 6.61 Å². The number of quaternary nitrogens is 1.